The molecule has 0 saturated heterocycles. The first-order valence-electron chi connectivity index (χ1n) is 8.46. The van der Waals surface area contributed by atoms with E-state index in [0.29, 0.717) is 6.42 Å². The van der Waals surface area contributed by atoms with Gasteiger partial charge in [0, 0.05) is 11.6 Å². The summed E-state index contributed by atoms with van der Waals surface area (Å²) >= 11 is 0. The van der Waals surface area contributed by atoms with Crippen molar-refractivity contribution in [2.45, 2.75) is 18.5 Å². The number of anilines is 1. The molecule has 0 aliphatic heterocycles. The first-order chi connectivity index (χ1) is 13.3. The normalized spacial score (nSPS) is 18.7. The minimum absolute atomic E-state index is 0.114. The molecule has 1 fully saturated rings. The Hall–Kier alpha value is -3.23. The van der Waals surface area contributed by atoms with Gasteiger partial charge in [-0.2, -0.15) is 18.3 Å². The van der Waals surface area contributed by atoms with Gasteiger partial charge in [0.1, 0.15) is 18.3 Å². The summed E-state index contributed by atoms with van der Waals surface area (Å²) in [4.78, 5) is 16.1. The van der Waals surface area contributed by atoms with Gasteiger partial charge in [-0.1, -0.05) is 18.2 Å². The number of aromatic nitrogens is 3. The maximum absolute atomic E-state index is 14.2. The molecule has 4 rings (SSSR count). The number of nitrogens with one attached hydrogen (secondary N) is 1. The molecular formula is C19H14F4N4O. The summed E-state index contributed by atoms with van der Waals surface area (Å²) in [5.74, 6) is -2.13. The van der Waals surface area contributed by atoms with Crippen LogP contribution in [0.4, 0.5) is 23.2 Å². The lowest BCUT2D eigenvalue weighted by Crippen LogP contribution is -2.16. The molecule has 0 radical (unpaired) electrons. The van der Waals surface area contributed by atoms with Gasteiger partial charge in [0.25, 0.3) is 0 Å². The van der Waals surface area contributed by atoms with Crippen LogP contribution in [-0.2, 0) is 11.0 Å². The standard InChI is InChI=1S/C19H14F4N4O/c20-16-7-11(5-6-17(16)27-10-24-9-25-27)26-18(28)14-8-13(14)12-3-1-2-4-15(12)19(21,22)23/h1-7,9-10,13-14H,8H2,(H,26,28). The van der Waals surface area contributed by atoms with E-state index < -0.39 is 35.3 Å². The summed E-state index contributed by atoms with van der Waals surface area (Å²) in [6.45, 7) is 0. The van der Waals surface area contributed by atoms with Crippen molar-refractivity contribution in [3.05, 3.63) is 72.1 Å². The predicted molar refractivity (Wildman–Crippen MR) is 92.2 cm³/mol. The highest BCUT2D eigenvalue weighted by molar-refractivity contribution is 5.95. The van der Waals surface area contributed by atoms with E-state index >= 15 is 0 Å². The average Bonchev–Trinajstić information content (AvgIpc) is 3.27. The van der Waals surface area contributed by atoms with Crippen LogP contribution in [0.25, 0.3) is 5.69 Å². The molecule has 1 N–H and O–H groups in total. The van der Waals surface area contributed by atoms with Crippen molar-refractivity contribution in [2.24, 2.45) is 5.92 Å². The lowest BCUT2D eigenvalue weighted by atomic mass is 10.0. The number of hydrogen-bond acceptors (Lipinski definition) is 3. The molecule has 2 atom stereocenters. The highest BCUT2D eigenvalue weighted by Crippen LogP contribution is 2.51. The third kappa shape index (κ3) is 3.47. The van der Waals surface area contributed by atoms with Gasteiger partial charge in [-0.25, -0.2) is 14.1 Å². The summed E-state index contributed by atoms with van der Waals surface area (Å²) in [5.41, 5.74) is -0.221. The van der Waals surface area contributed by atoms with Crippen LogP contribution < -0.4 is 5.32 Å². The minimum Gasteiger partial charge on any atom is -0.326 e. The number of carbonyl (C=O) groups is 1. The van der Waals surface area contributed by atoms with E-state index in [2.05, 4.69) is 15.4 Å². The fourth-order valence-electron chi connectivity index (χ4n) is 3.25. The van der Waals surface area contributed by atoms with Crippen LogP contribution in [0.15, 0.2) is 55.1 Å². The lowest BCUT2D eigenvalue weighted by molar-refractivity contribution is -0.138. The van der Waals surface area contributed by atoms with Crippen LogP contribution in [0.1, 0.15) is 23.5 Å². The third-order valence-corrected chi connectivity index (χ3v) is 4.67. The second-order valence-corrected chi connectivity index (χ2v) is 6.53. The first-order valence-corrected chi connectivity index (χ1v) is 8.46. The van der Waals surface area contributed by atoms with Crippen LogP contribution in [0.2, 0.25) is 0 Å². The number of rotatable bonds is 4. The topological polar surface area (TPSA) is 59.8 Å². The zero-order valence-electron chi connectivity index (χ0n) is 14.3. The first kappa shape index (κ1) is 18.1. The number of benzene rings is 2. The molecule has 28 heavy (non-hydrogen) atoms. The fraction of sp³-hybridized carbons (Fsp3) is 0.211. The summed E-state index contributed by atoms with van der Waals surface area (Å²) in [6.07, 6.45) is -1.55. The van der Waals surface area contributed by atoms with E-state index in [0.717, 1.165) is 12.1 Å². The Labute approximate surface area is 157 Å². The molecule has 9 heteroatoms. The van der Waals surface area contributed by atoms with Crippen molar-refractivity contribution in [1.82, 2.24) is 14.8 Å². The zero-order chi connectivity index (χ0) is 19.9. The number of hydrogen-bond donors (Lipinski definition) is 1. The second kappa shape index (κ2) is 6.74. The van der Waals surface area contributed by atoms with Crippen LogP contribution in [0.5, 0.6) is 0 Å². The minimum atomic E-state index is -4.47. The van der Waals surface area contributed by atoms with E-state index in [-0.39, 0.29) is 16.9 Å². The van der Waals surface area contributed by atoms with E-state index in [1.807, 2.05) is 0 Å². The smallest absolute Gasteiger partial charge is 0.326 e. The van der Waals surface area contributed by atoms with Gasteiger partial charge in [0.2, 0.25) is 5.91 Å². The van der Waals surface area contributed by atoms with Gasteiger partial charge in [-0.3, -0.25) is 4.79 Å². The van der Waals surface area contributed by atoms with Crippen LogP contribution in [0.3, 0.4) is 0 Å². The molecular weight excluding hydrogens is 376 g/mol. The monoisotopic (exact) mass is 390 g/mol. The van der Waals surface area contributed by atoms with Gasteiger partial charge in [-0.05, 0) is 42.2 Å². The Morgan fingerprint density at radius 2 is 1.96 bits per heavy atom. The van der Waals surface area contributed by atoms with Crippen molar-refractivity contribution in [3.63, 3.8) is 0 Å². The van der Waals surface area contributed by atoms with Crippen molar-refractivity contribution in [2.75, 3.05) is 5.32 Å². The Balaban J connectivity index is 1.47. The molecule has 3 aromatic rings. The molecule has 1 amide bonds. The number of nitrogens with zero attached hydrogens (tertiary/aromatic N) is 3. The van der Waals surface area contributed by atoms with E-state index in [1.165, 1.54) is 47.7 Å². The van der Waals surface area contributed by atoms with Crippen LogP contribution in [-0.4, -0.2) is 20.7 Å². The lowest BCUT2D eigenvalue weighted by Gasteiger charge is -2.12. The van der Waals surface area contributed by atoms with Gasteiger partial charge in [-0.15, -0.1) is 0 Å². The number of amides is 1. The number of alkyl halides is 3. The van der Waals surface area contributed by atoms with Gasteiger partial charge < -0.3 is 5.32 Å². The third-order valence-electron chi connectivity index (χ3n) is 4.67. The Bertz CT molecular complexity index is 1020. The predicted octanol–water partition coefficient (Wildman–Crippen LogP) is 4.17. The molecule has 1 aliphatic rings. The molecule has 0 bridgehead atoms. The Kier molecular flexibility index (Phi) is 4.37. The van der Waals surface area contributed by atoms with Crippen LogP contribution in [0, 0.1) is 11.7 Å². The molecule has 144 valence electrons. The Morgan fingerprint density at radius 3 is 2.64 bits per heavy atom. The fourth-order valence-corrected chi connectivity index (χ4v) is 3.25. The molecule has 1 aliphatic carbocycles. The van der Waals surface area contributed by atoms with Crippen molar-refractivity contribution < 1.29 is 22.4 Å². The molecule has 1 saturated carbocycles. The summed E-state index contributed by atoms with van der Waals surface area (Å²) < 4.78 is 55.0. The maximum Gasteiger partial charge on any atom is 0.416 e. The van der Waals surface area contributed by atoms with Crippen molar-refractivity contribution >= 4 is 11.6 Å². The summed E-state index contributed by atoms with van der Waals surface area (Å²) in [6, 6.07) is 9.32. The maximum atomic E-state index is 14.2. The molecule has 1 heterocycles. The number of carbonyl (C=O) groups excluding carboxylic acids is 1. The summed E-state index contributed by atoms with van der Waals surface area (Å²) in [7, 11) is 0. The van der Waals surface area contributed by atoms with Crippen LogP contribution >= 0.6 is 0 Å². The quantitative estimate of drug-likeness (QED) is 0.681. The molecule has 5 nitrogen and oxygen atoms in total. The van der Waals surface area contributed by atoms with E-state index in [1.54, 1.807) is 0 Å². The molecule has 2 aromatic carbocycles. The van der Waals surface area contributed by atoms with Crippen molar-refractivity contribution in [3.8, 4) is 5.69 Å². The number of halogens is 4. The van der Waals surface area contributed by atoms with Gasteiger partial charge in [0.15, 0.2) is 5.82 Å². The zero-order valence-corrected chi connectivity index (χ0v) is 14.3. The average molecular weight is 390 g/mol. The SMILES string of the molecule is O=C(Nc1ccc(-n2cncn2)c(F)c1)C1CC1c1ccccc1C(F)(F)F. The van der Waals surface area contributed by atoms with Crippen molar-refractivity contribution in [1.29, 1.82) is 0 Å². The summed E-state index contributed by atoms with van der Waals surface area (Å²) in [5, 5.41) is 6.40. The second-order valence-electron chi connectivity index (χ2n) is 6.53. The Morgan fingerprint density at radius 1 is 1.18 bits per heavy atom. The molecule has 0 spiro atoms. The molecule has 2 unspecified atom stereocenters. The van der Waals surface area contributed by atoms with E-state index in [4.69, 9.17) is 0 Å². The molecule has 1 aromatic heterocycles. The van der Waals surface area contributed by atoms with Gasteiger partial charge in [0.05, 0.1) is 5.56 Å². The highest BCUT2D eigenvalue weighted by atomic mass is 19.4. The largest absolute Gasteiger partial charge is 0.416 e. The highest BCUT2D eigenvalue weighted by Gasteiger charge is 2.47. The van der Waals surface area contributed by atoms with Gasteiger partial charge >= 0.3 is 6.18 Å². The van der Waals surface area contributed by atoms with E-state index in [9.17, 15) is 22.4 Å².